The number of nitrogens with one attached hydrogen (secondary N) is 2. The van der Waals surface area contributed by atoms with E-state index in [1.165, 1.54) is 0 Å². The molecule has 0 spiro atoms. The van der Waals surface area contributed by atoms with Crippen LogP contribution in [0.1, 0.15) is 18.5 Å². The van der Waals surface area contributed by atoms with Crippen molar-refractivity contribution >= 4 is 10.2 Å². The summed E-state index contributed by atoms with van der Waals surface area (Å²) in [4.78, 5) is 0. The average Bonchev–Trinajstić information content (AvgIpc) is 2.83. The van der Waals surface area contributed by atoms with E-state index < -0.39 is 10.2 Å². The van der Waals surface area contributed by atoms with Gasteiger partial charge in [0.25, 0.3) is 10.2 Å². The molecule has 0 aromatic carbocycles. The zero-order valence-corrected chi connectivity index (χ0v) is 12.9. The SMILES string of the molecule is CNCC1CCCN(S(=O)(=O)NCc2ccnn2C)C1. The monoisotopic (exact) mass is 301 g/mol. The minimum Gasteiger partial charge on any atom is -0.319 e. The summed E-state index contributed by atoms with van der Waals surface area (Å²) in [6.07, 6.45) is 3.65. The Labute approximate surface area is 120 Å². The molecule has 1 atom stereocenters. The first-order chi connectivity index (χ1) is 9.53. The van der Waals surface area contributed by atoms with E-state index in [1.54, 1.807) is 22.2 Å². The Morgan fingerprint density at radius 3 is 2.95 bits per heavy atom. The van der Waals surface area contributed by atoms with E-state index in [0.717, 1.165) is 25.1 Å². The second kappa shape index (κ2) is 6.66. The first-order valence-corrected chi connectivity index (χ1v) is 8.33. The normalized spacial score (nSPS) is 21.2. The molecule has 1 unspecified atom stereocenters. The van der Waals surface area contributed by atoms with Crippen LogP contribution in [0, 0.1) is 5.92 Å². The van der Waals surface area contributed by atoms with E-state index in [0.29, 0.717) is 19.0 Å². The number of hydrogen-bond acceptors (Lipinski definition) is 4. The molecule has 7 nitrogen and oxygen atoms in total. The van der Waals surface area contributed by atoms with Gasteiger partial charge < -0.3 is 5.32 Å². The van der Waals surface area contributed by atoms with Crippen LogP contribution in [0.2, 0.25) is 0 Å². The lowest BCUT2D eigenvalue weighted by atomic mass is 10.00. The third kappa shape index (κ3) is 3.78. The number of rotatable bonds is 6. The highest BCUT2D eigenvalue weighted by atomic mass is 32.2. The Kier molecular flexibility index (Phi) is 5.14. The van der Waals surface area contributed by atoms with Gasteiger partial charge in [-0.2, -0.15) is 22.5 Å². The topological polar surface area (TPSA) is 79.3 Å². The summed E-state index contributed by atoms with van der Waals surface area (Å²) in [6.45, 7) is 2.31. The van der Waals surface area contributed by atoms with Crippen LogP contribution < -0.4 is 10.0 Å². The third-order valence-corrected chi connectivity index (χ3v) is 5.19. The molecule has 0 saturated carbocycles. The summed E-state index contributed by atoms with van der Waals surface area (Å²) >= 11 is 0. The van der Waals surface area contributed by atoms with Gasteiger partial charge in [0, 0.05) is 26.3 Å². The summed E-state index contributed by atoms with van der Waals surface area (Å²) in [7, 11) is 0.283. The highest BCUT2D eigenvalue weighted by molar-refractivity contribution is 7.87. The molecule has 0 radical (unpaired) electrons. The standard InChI is InChI=1S/C12H23N5O2S/c1-13-8-11-4-3-7-17(10-11)20(18,19)15-9-12-5-6-14-16(12)2/h5-6,11,13,15H,3-4,7-10H2,1-2H3. The van der Waals surface area contributed by atoms with E-state index in [-0.39, 0.29) is 6.54 Å². The fourth-order valence-corrected chi connectivity index (χ4v) is 3.82. The maximum absolute atomic E-state index is 12.3. The van der Waals surface area contributed by atoms with E-state index in [2.05, 4.69) is 15.1 Å². The predicted octanol–water partition coefficient (Wildman–Crippen LogP) is -0.314. The van der Waals surface area contributed by atoms with Gasteiger partial charge in [-0.1, -0.05) is 0 Å². The van der Waals surface area contributed by atoms with Gasteiger partial charge in [-0.05, 0) is 38.4 Å². The number of nitrogens with zero attached hydrogens (tertiary/aromatic N) is 3. The third-order valence-electron chi connectivity index (χ3n) is 3.67. The molecule has 8 heteroatoms. The zero-order chi connectivity index (χ0) is 14.6. The van der Waals surface area contributed by atoms with Crippen molar-refractivity contribution in [2.45, 2.75) is 19.4 Å². The molecule has 1 aromatic heterocycles. The van der Waals surface area contributed by atoms with Gasteiger partial charge in [0.2, 0.25) is 0 Å². The highest BCUT2D eigenvalue weighted by Gasteiger charge is 2.28. The molecule has 2 rings (SSSR count). The fraction of sp³-hybridized carbons (Fsp3) is 0.750. The maximum Gasteiger partial charge on any atom is 0.279 e. The molecule has 0 aliphatic carbocycles. The number of aryl methyl sites for hydroxylation is 1. The Bertz CT molecular complexity index is 526. The van der Waals surface area contributed by atoms with E-state index >= 15 is 0 Å². The molecule has 2 N–H and O–H groups in total. The minimum absolute atomic E-state index is 0.270. The van der Waals surface area contributed by atoms with Crippen molar-refractivity contribution in [2.24, 2.45) is 13.0 Å². The summed E-state index contributed by atoms with van der Waals surface area (Å²) in [5.41, 5.74) is 0.845. The van der Waals surface area contributed by atoms with Gasteiger partial charge in [0.05, 0.1) is 12.2 Å². The van der Waals surface area contributed by atoms with Gasteiger partial charge in [-0.25, -0.2) is 0 Å². The lowest BCUT2D eigenvalue weighted by Gasteiger charge is -2.31. The fourth-order valence-electron chi connectivity index (χ4n) is 2.53. The van der Waals surface area contributed by atoms with Crippen molar-refractivity contribution in [1.29, 1.82) is 0 Å². The first kappa shape index (κ1) is 15.4. The smallest absolute Gasteiger partial charge is 0.279 e. The Hall–Kier alpha value is -0.960. The molecule has 1 saturated heterocycles. The zero-order valence-electron chi connectivity index (χ0n) is 12.0. The van der Waals surface area contributed by atoms with Gasteiger partial charge in [-0.15, -0.1) is 0 Å². The van der Waals surface area contributed by atoms with Crippen molar-refractivity contribution in [3.8, 4) is 0 Å². The van der Waals surface area contributed by atoms with Crippen molar-refractivity contribution < 1.29 is 8.42 Å². The van der Waals surface area contributed by atoms with Crippen LogP contribution in [0.5, 0.6) is 0 Å². The molecule has 0 bridgehead atoms. The second-order valence-corrected chi connectivity index (χ2v) is 6.95. The summed E-state index contributed by atoms with van der Waals surface area (Å²) in [5, 5.41) is 7.14. The highest BCUT2D eigenvalue weighted by Crippen LogP contribution is 2.18. The number of piperidine rings is 1. The molecule has 20 heavy (non-hydrogen) atoms. The molecule has 114 valence electrons. The van der Waals surface area contributed by atoms with Crippen molar-refractivity contribution in [2.75, 3.05) is 26.7 Å². The number of aromatic nitrogens is 2. The van der Waals surface area contributed by atoms with Crippen LogP contribution in [0.3, 0.4) is 0 Å². The van der Waals surface area contributed by atoms with Crippen molar-refractivity contribution in [3.05, 3.63) is 18.0 Å². The van der Waals surface area contributed by atoms with Gasteiger partial charge in [0.1, 0.15) is 0 Å². The summed E-state index contributed by atoms with van der Waals surface area (Å²) in [6, 6.07) is 1.81. The van der Waals surface area contributed by atoms with Gasteiger partial charge >= 0.3 is 0 Å². The molecular weight excluding hydrogens is 278 g/mol. The Morgan fingerprint density at radius 1 is 1.50 bits per heavy atom. The molecule has 1 fully saturated rings. The van der Waals surface area contributed by atoms with Crippen LogP contribution in [0.25, 0.3) is 0 Å². The van der Waals surface area contributed by atoms with Crippen LogP contribution in [0.4, 0.5) is 0 Å². The molecule has 1 aliphatic rings. The Morgan fingerprint density at radius 2 is 2.30 bits per heavy atom. The summed E-state index contributed by atoms with van der Waals surface area (Å²) < 4.78 is 30.5. The van der Waals surface area contributed by atoms with Gasteiger partial charge in [0.15, 0.2) is 0 Å². The van der Waals surface area contributed by atoms with Gasteiger partial charge in [-0.3, -0.25) is 4.68 Å². The summed E-state index contributed by atoms with van der Waals surface area (Å²) in [5.74, 6) is 0.391. The molecule has 2 heterocycles. The lowest BCUT2D eigenvalue weighted by Crippen LogP contribution is -2.47. The second-order valence-electron chi connectivity index (χ2n) is 5.20. The maximum atomic E-state index is 12.3. The molecular formula is C12H23N5O2S. The number of hydrogen-bond donors (Lipinski definition) is 2. The predicted molar refractivity (Wildman–Crippen MR) is 77.2 cm³/mol. The Balaban J connectivity index is 1.94. The van der Waals surface area contributed by atoms with Crippen molar-refractivity contribution in [3.63, 3.8) is 0 Å². The molecule has 0 amide bonds. The quantitative estimate of drug-likeness (QED) is 0.755. The van der Waals surface area contributed by atoms with E-state index in [9.17, 15) is 8.42 Å². The average molecular weight is 301 g/mol. The molecule has 1 aromatic rings. The minimum atomic E-state index is -3.41. The first-order valence-electron chi connectivity index (χ1n) is 6.89. The van der Waals surface area contributed by atoms with Crippen LogP contribution in [0.15, 0.2) is 12.3 Å². The van der Waals surface area contributed by atoms with E-state index in [1.807, 2.05) is 13.1 Å². The van der Waals surface area contributed by atoms with Crippen molar-refractivity contribution in [1.82, 2.24) is 24.1 Å². The molecule has 1 aliphatic heterocycles. The largest absolute Gasteiger partial charge is 0.319 e. The van der Waals surface area contributed by atoms with Crippen LogP contribution in [-0.2, 0) is 23.8 Å². The van der Waals surface area contributed by atoms with Crippen LogP contribution >= 0.6 is 0 Å². The van der Waals surface area contributed by atoms with E-state index in [4.69, 9.17) is 0 Å². The lowest BCUT2D eigenvalue weighted by molar-refractivity contribution is 0.260. The van der Waals surface area contributed by atoms with Crippen LogP contribution in [-0.4, -0.2) is 49.2 Å².